The van der Waals surface area contributed by atoms with E-state index in [4.69, 9.17) is 9.72 Å². The smallest absolute Gasteiger partial charge is 0.216 e. The van der Waals surface area contributed by atoms with Crippen LogP contribution in [-0.2, 0) is 13.6 Å². The van der Waals surface area contributed by atoms with Gasteiger partial charge in [-0.05, 0) is 43.7 Å². The molecule has 0 bridgehead atoms. The molecule has 33 heavy (non-hydrogen) atoms. The summed E-state index contributed by atoms with van der Waals surface area (Å²) in [5.41, 5.74) is 5.47. The summed E-state index contributed by atoms with van der Waals surface area (Å²) in [6, 6.07) is 8.55. The van der Waals surface area contributed by atoms with Crippen LogP contribution in [0.3, 0.4) is 0 Å². The third kappa shape index (κ3) is 4.00. The first kappa shape index (κ1) is 21.3. The number of ether oxygens (including phenoxy) is 1. The minimum Gasteiger partial charge on any atom is -0.481 e. The first-order chi connectivity index (χ1) is 16.0. The molecule has 1 unspecified atom stereocenters. The van der Waals surface area contributed by atoms with Crippen molar-refractivity contribution in [3.63, 3.8) is 0 Å². The van der Waals surface area contributed by atoms with Gasteiger partial charge in [0.05, 0.1) is 41.8 Å². The first-order valence-electron chi connectivity index (χ1n) is 10.9. The molecule has 3 aromatic heterocycles. The van der Waals surface area contributed by atoms with Crippen molar-refractivity contribution >= 4 is 0 Å². The van der Waals surface area contributed by atoms with Crippen LogP contribution in [-0.4, -0.2) is 54.4 Å². The molecular formula is C24H26FN7O. The minimum absolute atomic E-state index is 0.236. The summed E-state index contributed by atoms with van der Waals surface area (Å²) in [5.74, 6) is 0.535. The zero-order valence-electron chi connectivity index (χ0n) is 18.9. The highest BCUT2D eigenvalue weighted by Gasteiger charge is 2.29. The van der Waals surface area contributed by atoms with Crippen LogP contribution in [0.25, 0.3) is 22.6 Å². The third-order valence-corrected chi connectivity index (χ3v) is 6.24. The fourth-order valence-electron chi connectivity index (χ4n) is 4.67. The van der Waals surface area contributed by atoms with Crippen LogP contribution in [0.2, 0.25) is 0 Å². The lowest BCUT2D eigenvalue weighted by Crippen LogP contribution is -2.22. The predicted molar refractivity (Wildman–Crippen MR) is 122 cm³/mol. The largest absolute Gasteiger partial charge is 0.481 e. The molecule has 0 saturated carbocycles. The molecule has 0 amide bonds. The Morgan fingerprint density at radius 3 is 2.70 bits per heavy atom. The van der Waals surface area contributed by atoms with E-state index in [0.717, 1.165) is 65.8 Å². The average Bonchev–Trinajstić information content (AvgIpc) is 3.53. The molecule has 1 aliphatic heterocycles. The van der Waals surface area contributed by atoms with Gasteiger partial charge in [-0.15, -0.1) is 0 Å². The highest BCUT2D eigenvalue weighted by atomic mass is 19.1. The Labute approximate surface area is 191 Å². The standard InChI is InChI=1S/C24H26FN7O/c1-16-20(24(33-3)30(2)29-16)13-31-11-9-19(12-31)32-15-28-22(17-4-6-18(25)7-5-17)23(32)21-8-10-26-14-27-21/h4-8,10,14-15,19H,9,11-13H2,1-3H3. The maximum atomic E-state index is 13.5. The highest BCUT2D eigenvalue weighted by Crippen LogP contribution is 2.35. The number of rotatable bonds is 6. The van der Waals surface area contributed by atoms with E-state index in [1.807, 2.05) is 26.4 Å². The molecule has 5 rings (SSSR count). The maximum absolute atomic E-state index is 13.5. The molecule has 4 aromatic rings. The fourth-order valence-corrected chi connectivity index (χ4v) is 4.67. The Bertz CT molecular complexity index is 1250. The van der Waals surface area contributed by atoms with Crippen LogP contribution in [0.4, 0.5) is 4.39 Å². The molecule has 1 fully saturated rings. The molecule has 1 atom stereocenters. The Morgan fingerprint density at radius 1 is 1.15 bits per heavy atom. The van der Waals surface area contributed by atoms with Crippen molar-refractivity contribution in [2.45, 2.75) is 25.9 Å². The van der Waals surface area contributed by atoms with Gasteiger partial charge in [-0.3, -0.25) is 4.90 Å². The summed E-state index contributed by atoms with van der Waals surface area (Å²) in [6.45, 7) is 4.62. The summed E-state index contributed by atoms with van der Waals surface area (Å²) in [5, 5.41) is 4.51. The molecule has 0 spiro atoms. The normalized spacial score (nSPS) is 16.4. The number of hydrogen-bond donors (Lipinski definition) is 0. The molecule has 0 N–H and O–H groups in total. The molecule has 8 nitrogen and oxygen atoms in total. The van der Waals surface area contributed by atoms with E-state index in [1.165, 1.54) is 12.1 Å². The second-order valence-electron chi connectivity index (χ2n) is 8.33. The first-order valence-corrected chi connectivity index (χ1v) is 10.9. The van der Waals surface area contributed by atoms with E-state index >= 15 is 0 Å². The highest BCUT2D eigenvalue weighted by molar-refractivity contribution is 5.76. The van der Waals surface area contributed by atoms with Gasteiger partial charge in [-0.25, -0.2) is 24.0 Å². The van der Waals surface area contributed by atoms with Gasteiger partial charge in [0.15, 0.2) is 0 Å². The van der Waals surface area contributed by atoms with E-state index in [2.05, 4.69) is 24.5 Å². The Balaban J connectivity index is 1.46. The quantitative estimate of drug-likeness (QED) is 0.449. The number of imidazole rings is 1. The van der Waals surface area contributed by atoms with Crippen LogP contribution >= 0.6 is 0 Å². The van der Waals surface area contributed by atoms with Gasteiger partial charge in [0.25, 0.3) is 0 Å². The van der Waals surface area contributed by atoms with Crippen molar-refractivity contribution in [1.82, 2.24) is 34.2 Å². The lowest BCUT2D eigenvalue weighted by molar-refractivity contribution is 0.304. The molecule has 0 aliphatic carbocycles. The molecule has 170 valence electrons. The molecule has 9 heteroatoms. The summed E-state index contributed by atoms with van der Waals surface area (Å²) >= 11 is 0. The molecular weight excluding hydrogens is 421 g/mol. The van der Waals surface area contributed by atoms with Gasteiger partial charge >= 0.3 is 0 Å². The van der Waals surface area contributed by atoms with Crippen LogP contribution in [0.5, 0.6) is 5.88 Å². The summed E-state index contributed by atoms with van der Waals surface area (Å²) in [6.07, 6.45) is 6.13. The number of likely N-dealkylation sites (tertiary alicyclic amines) is 1. The summed E-state index contributed by atoms with van der Waals surface area (Å²) in [4.78, 5) is 15.7. The van der Waals surface area contributed by atoms with Crippen molar-refractivity contribution in [2.24, 2.45) is 7.05 Å². The molecule has 1 aliphatic rings. The summed E-state index contributed by atoms with van der Waals surface area (Å²) in [7, 11) is 3.59. The van der Waals surface area contributed by atoms with Gasteiger partial charge in [0, 0.05) is 44.5 Å². The lowest BCUT2D eigenvalue weighted by atomic mass is 10.1. The van der Waals surface area contributed by atoms with Crippen LogP contribution in [0.15, 0.2) is 49.2 Å². The van der Waals surface area contributed by atoms with Gasteiger partial charge in [0.2, 0.25) is 5.88 Å². The van der Waals surface area contributed by atoms with E-state index in [-0.39, 0.29) is 11.9 Å². The number of halogens is 1. The average molecular weight is 448 g/mol. The second-order valence-corrected chi connectivity index (χ2v) is 8.33. The second kappa shape index (κ2) is 8.74. The number of hydrogen-bond acceptors (Lipinski definition) is 6. The Hall–Kier alpha value is -3.59. The van der Waals surface area contributed by atoms with Crippen LogP contribution in [0, 0.1) is 12.7 Å². The van der Waals surface area contributed by atoms with Crippen LogP contribution in [0.1, 0.15) is 23.7 Å². The third-order valence-electron chi connectivity index (χ3n) is 6.24. The predicted octanol–water partition coefficient (Wildman–Crippen LogP) is 3.64. The molecule has 1 aromatic carbocycles. The van der Waals surface area contributed by atoms with Gasteiger partial charge < -0.3 is 9.30 Å². The Kier molecular flexibility index (Phi) is 5.63. The van der Waals surface area contributed by atoms with E-state index < -0.39 is 0 Å². The number of methoxy groups -OCH3 is 1. The van der Waals surface area contributed by atoms with Gasteiger partial charge in [-0.2, -0.15) is 5.10 Å². The maximum Gasteiger partial charge on any atom is 0.216 e. The van der Waals surface area contributed by atoms with E-state index in [0.29, 0.717) is 0 Å². The van der Waals surface area contributed by atoms with Gasteiger partial charge in [0.1, 0.15) is 12.1 Å². The fraction of sp³-hybridized carbons (Fsp3) is 0.333. The van der Waals surface area contributed by atoms with Crippen LogP contribution < -0.4 is 4.74 Å². The minimum atomic E-state index is -0.269. The van der Waals surface area contributed by atoms with Gasteiger partial charge in [-0.1, -0.05) is 0 Å². The monoisotopic (exact) mass is 447 g/mol. The number of benzene rings is 1. The zero-order chi connectivity index (χ0) is 22.9. The van der Waals surface area contributed by atoms with Crippen molar-refractivity contribution in [3.05, 3.63) is 66.3 Å². The number of nitrogens with zero attached hydrogens (tertiary/aromatic N) is 7. The molecule has 4 heterocycles. The molecule has 1 saturated heterocycles. The lowest BCUT2D eigenvalue weighted by Gasteiger charge is -2.19. The topological polar surface area (TPSA) is 73.9 Å². The number of aromatic nitrogens is 6. The zero-order valence-corrected chi connectivity index (χ0v) is 18.9. The summed E-state index contributed by atoms with van der Waals surface area (Å²) < 4.78 is 23.1. The van der Waals surface area contributed by atoms with Crippen molar-refractivity contribution in [1.29, 1.82) is 0 Å². The van der Waals surface area contributed by atoms with Crippen molar-refractivity contribution < 1.29 is 9.13 Å². The SMILES string of the molecule is COc1c(CN2CCC(n3cnc(-c4ccc(F)cc4)c3-c3ccncn3)C2)c(C)nn1C. The van der Waals surface area contributed by atoms with E-state index in [1.54, 1.807) is 36.4 Å². The Morgan fingerprint density at radius 2 is 1.97 bits per heavy atom. The molecule has 0 radical (unpaired) electrons. The van der Waals surface area contributed by atoms with E-state index in [9.17, 15) is 4.39 Å². The van der Waals surface area contributed by atoms with Crippen molar-refractivity contribution in [3.8, 4) is 28.5 Å². The number of aryl methyl sites for hydroxylation is 2. The van der Waals surface area contributed by atoms with Crippen molar-refractivity contribution in [2.75, 3.05) is 20.2 Å².